The highest BCUT2D eigenvalue weighted by molar-refractivity contribution is 6.30. The number of halogens is 1. The maximum absolute atomic E-state index is 11.5. The maximum Gasteiger partial charge on any atom is 0.330 e. The first kappa shape index (κ1) is 31.6. The van der Waals surface area contributed by atoms with Gasteiger partial charge in [-0.2, -0.15) is 0 Å². The van der Waals surface area contributed by atoms with Crippen molar-refractivity contribution in [3.05, 3.63) is 82.9 Å². The van der Waals surface area contributed by atoms with Crippen molar-refractivity contribution in [3.63, 3.8) is 0 Å². The molecule has 1 aliphatic rings. The van der Waals surface area contributed by atoms with E-state index in [-0.39, 0.29) is 12.6 Å². The third kappa shape index (κ3) is 12.2. The lowest BCUT2D eigenvalue weighted by Crippen LogP contribution is -2.22. The minimum absolute atomic E-state index is 0.279. The Morgan fingerprint density at radius 3 is 2.33 bits per heavy atom. The van der Waals surface area contributed by atoms with E-state index < -0.39 is 11.9 Å². The Kier molecular flexibility index (Phi) is 14.4. The van der Waals surface area contributed by atoms with E-state index in [1.165, 1.54) is 28.6 Å². The first-order valence-corrected chi connectivity index (χ1v) is 13.0. The van der Waals surface area contributed by atoms with Crippen LogP contribution in [-0.2, 0) is 36.7 Å². The highest BCUT2D eigenvalue weighted by Gasteiger charge is 2.20. The van der Waals surface area contributed by atoms with Crippen LogP contribution in [0.1, 0.15) is 24.0 Å². The van der Waals surface area contributed by atoms with Crippen molar-refractivity contribution >= 4 is 40.9 Å². The number of nitrogens with one attached hydrogen (secondary N) is 1. The molecule has 0 unspecified atom stereocenters. The molecule has 3 rings (SSSR count). The molecule has 1 heterocycles. The van der Waals surface area contributed by atoms with Crippen LogP contribution in [0.15, 0.2) is 66.8 Å². The molecule has 10 heteroatoms. The molecule has 3 N–H and O–H groups in total. The first-order chi connectivity index (χ1) is 18.8. The summed E-state index contributed by atoms with van der Waals surface area (Å²) < 4.78 is 9.82. The molecular formula is C29H35ClN2O7. The van der Waals surface area contributed by atoms with Crippen molar-refractivity contribution in [1.82, 2.24) is 5.32 Å². The number of ether oxygens (including phenoxy) is 2. The molecule has 2 aromatic carbocycles. The number of methoxy groups -OCH3 is 1. The number of carbonyl (C=O) groups excluding carboxylic acids is 1. The largest absolute Gasteiger partial charge is 0.478 e. The number of fused-ring (bicyclic) bond motifs is 2. The lowest BCUT2D eigenvalue weighted by molar-refractivity contribution is -0.139. The van der Waals surface area contributed by atoms with Gasteiger partial charge >= 0.3 is 17.9 Å². The summed E-state index contributed by atoms with van der Waals surface area (Å²) in [6.07, 6.45) is 8.53. The number of carbonyl (C=O) groups is 3. The second-order valence-corrected chi connectivity index (χ2v) is 8.97. The average Bonchev–Trinajstić information content (AvgIpc) is 3.06. The molecule has 210 valence electrons. The summed E-state index contributed by atoms with van der Waals surface area (Å²) in [5.74, 6) is -2.85. The van der Waals surface area contributed by atoms with Crippen LogP contribution in [0, 0.1) is 0 Å². The van der Waals surface area contributed by atoms with Gasteiger partial charge in [-0.05, 0) is 61.6 Å². The molecule has 0 aliphatic carbocycles. The Labute approximate surface area is 233 Å². The van der Waals surface area contributed by atoms with Gasteiger partial charge in [0.2, 0.25) is 0 Å². The quantitative estimate of drug-likeness (QED) is 0.186. The monoisotopic (exact) mass is 558 g/mol. The molecular weight excluding hydrogens is 524 g/mol. The van der Waals surface area contributed by atoms with Crippen LogP contribution < -0.4 is 10.2 Å². The van der Waals surface area contributed by atoms with Crippen molar-refractivity contribution in [1.29, 1.82) is 0 Å². The van der Waals surface area contributed by atoms with Crippen LogP contribution in [0.3, 0.4) is 0 Å². The molecule has 0 bridgehead atoms. The summed E-state index contributed by atoms with van der Waals surface area (Å²) in [5.41, 5.74) is 5.24. The Hall–Kier alpha value is -3.66. The maximum atomic E-state index is 11.5. The van der Waals surface area contributed by atoms with Gasteiger partial charge in [-0.25, -0.2) is 14.4 Å². The van der Waals surface area contributed by atoms with Gasteiger partial charge in [0.1, 0.15) is 6.61 Å². The number of esters is 1. The molecule has 0 spiro atoms. The third-order valence-corrected chi connectivity index (χ3v) is 5.92. The number of rotatable bonds is 13. The van der Waals surface area contributed by atoms with Crippen molar-refractivity contribution in [2.24, 2.45) is 0 Å². The van der Waals surface area contributed by atoms with E-state index in [1.54, 1.807) is 13.2 Å². The molecule has 0 atom stereocenters. The SMILES string of the molecule is COCCOC(=O)/C=C/CNCCCCN1c2ccccc2CCc2ccc(Cl)cc21.O=C(O)/C=C\C(=O)O. The molecule has 0 aromatic heterocycles. The zero-order valence-electron chi connectivity index (χ0n) is 22.0. The molecule has 0 fully saturated rings. The summed E-state index contributed by atoms with van der Waals surface area (Å²) in [4.78, 5) is 33.0. The Balaban J connectivity index is 0.000000580. The summed E-state index contributed by atoms with van der Waals surface area (Å²) in [7, 11) is 1.58. The van der Waals surface area contributed by atoms with Crippen LogP contribution >= 0.6 is 11.6 Å². The van der Waals surface area contributed by atoms with Gasteiger partial charge < -0.3 is 29.9 Å². The number of nitrogens with zero attached hydrogens (tertiary/aromatic N) is 1. The number of carboxylic acid groups (broad SMARTS) is 2. The standard InChI is InChI=1S/C25H31ClN2O3.C4H4O4/c1-30-17-18-31-25(29)9-6-15-27-14-4-5-16-28-23-8-3-2-7-20(23)10-11-21-12-13-22(26)19-24(21)28;5-3(6)1-2-4(7)8/h2-3,6-9,12-13,19,27H,4-5,10-11,14-18H2,1H3;1-2H,(H,5,6)(H,7,8)/b9-6+;2-1-. The fraction of sp³-hybridized carbons (Fsp3) is 0.345. The molecule has 2 aromatic rings. The fourth-order valence-electron chi connectivity index (χ4n) is 3.90. The molecule has 0 amide bonds. The number of anilines is 2. The van der Waals surface area contributed by atoms with Gasteiger partial charge in [-0.15, -0.1) is 0 Å². The number of para-hydroxylation sites is 1. The fourth-order valence-corrected chi connectivity index (χ4v) is 4.07. The van der Waals surface area contributed by atoms with Gasteiger partial charge in [0.25, 0.3) is 0 Å². The van der Waals surface area contributed by atoms with Crippen LogP contribution in [-0.4, -0.2) is 68.1 Å². The van der Waals surface area contributed by atoms with E-state index >= 15 is 0 Å². The summed E-state index contributed by atoms with van der Waals surface area (Å²) in [6.45, 7) is 3.16. The van der Waals surface area contributed by atoms with E-state index in [4.69, 9.17) is 31.3 Å². The predicted octanol–water partition coefficient (Wildman–Crippen LogP) is 4.40. The van der Waals surface area contributed by atoms with Gasteiger partial charge in [0, 0.05) is 54.8 Å². The number of aliphatic carboxylic acids is 2. The second kappa shape index (κ2) is 17.8. The first-order valence-electron chi connectivity index (χ1n) is 12.6. The predicted molar refractivity (Wildman–Crippen MR) is 151 cm³/mol. The van der Waals surface area contributed by atoms with E-state index in [9.17, 15) is 14.4 Å². The third-order valence-electron chi connectivity index (χ3n) is 5.69. The van der Waals surface area contributed by atoms with Crippen molar-refractivity contribution in [3.8, 4) is 0 Å². The molecule has 9 nitrogen and oxygen atoms in total. The molecule has 1 aliphatic heterocycles. The topological polar surface area (TPSA) is 125 Å². The number of hydrogen-bond donors (Lipinski definition) is 3. The highest BCUT2D eigenvalue weighted by Crippen LogP contribution is 2.37. The van der Waals surface area contributed by atoms with E-state index in [0.29, 0.717) is 25.3 Å². The van der Waals surface area contributed by atoms with Crippen LogP contribution in [0.25, 0.3) is 0 Å². The number of aryl methyl sites for hydroxylation is 2. The molecule has 39 heavy (non-hydrogen) atoms. The van der Waals surface area contributed by atoms with Crippen LogP contribution in [0.4, 0.5) is 11.4 Å². The smallest absolute Gasteiger partial charge is 0.330 e. The Bertz CT molecular complexity index is 1130. The second-order valence-electron chi connectivity index (χ2n) is 8.54. The van der Waals surface area contributed by atoms with Crippen molar-refractivity contribution < 1.29 is 34.1 Å². The minimum Gasteiger partial charge on any atom is -0.478 e. The highest BCUT2D eigenvalue weighted by atomic mass is 35.5. The lowest BCUT2D eigenvalue weighted by atomic mass is 10.0. The molecule has 0 saturated heterocycles. The summed E-state index contributed by atoms with van der Waals surface area (Å²) in [6, 6.07) is 14.9. The zero-order valence-corrected chi connectivity index (χ0v) is 22.7. The lowest BCUT2D eigenvalue weighted by Gasteiger charge is -2.27. The zero-order chi connectivity index (χ0) is 28.5. The van der Waals surface area contributed by atoms with Gasteiger partial charge in [-0.1, -0.05) is 41.9 Å². The Morgan fingerprint density at radius 2 is 1.64 bits per heavy atom. The average molecular weight is 559 g/mol. The van der Waals surface area contributed by atoms with Crippen molar-refractivity contribution in [2.75, 3.05) is 44.9 Å². The molecule has 0 radical (unpaired) electrons. The van der Waals surface area contributed by atoms with Crippen LogP contribution in [0.5, 0.6) is 0 Å². The van der Waals surface area contributed by atoms with Gasteiger partial charge in [0.05, 0.1) is 6.61 Å². The van der Waals surface area contributed by atoms with Crippen LogP contribution in [0.2, 0.25) is 5.02 Å². The summed E-state index contributed by atoms with van der Waals surface area (Å²) >= 11 is 6.33. The van der Waals surface area contributed by atoms with Crippen molar-refractivity contribution in [2.45, 2.75) is 25.7 Å². The van der Waals surface area contributed by atoms with E-state index in [2.05, 4.69) is 46.6 Å². The Morgan fingerprint density at radius 1 is 0.949 bits per heavy atom. The normalized spacial score (nSPS) is 12.3. The van der Waals surface area contributed by atoms with E-state index in [0.717, 1.165) is 43.8 Å². The number of benzene rings is 2. The summed E-state index contributed by atoms with van der Waals surface area (Å²) in [5, 5.41) is 19.7. The minimum atomic E-state index is -1.26. The van der Waals surface area contributed by atoms with Gasteiger partial charge in [0.15, 0.2) is 0 Å². The number of hydrogen-bond acceptors (Lipinski definition) is 7. The number of carboxylic acids is 2. The van der Waals surface area contributed by atoms with E-state index in [1.807, 2.05) is 6.07 Å². The molecule has 0 saturated carbocycles. The number of unbranched alkanes of at least 4 members (excludes halogenated alkanes) is 1. The van der Waals surface area contributed by atoms with Gasteiger partial charge in [-0.3, -0.25) is 0 Å².